The third kappa shape index (κ3) is 15.7. The van der Waals surface area contributed by atoms with Gasteiger partial charge < -0.3 is 15.2 Å². The van der Waals surface area contributed by atoms with Gasteiger partial charge in [0.15, 0.2) is 0 Å². The van der Waals surface area contributed by atoms with Crippen LogP contribution in [-0.4, -0.2) is 42.9 Å². The smallest absolute Gasteiger partial charge is 0.228 e. The first-order chi connectivity index (χ1) is 13.2. The van der Waals surface area contributed by atoms with Crippen molar-refractivity contribution >= 4 is 28.8 Å². The zero-order valence-electron chi connectivity index (χ0n) is 17.0. The maximum atomic E-state index is 11.1. The lowest BCUT2D eigenvalue weighted by molar-refractivity contribution is -0.118. The van der Waals surface area contributed by atoms with Crippen molar-refractivity contribution < 1.29 is 14.6 Å². The van der Waals surface area contributed by atoms with Gasteiger partial charge in [0.05, 0.1) is 41.7 Å². The third-order valence-corrected chi connectivity index (χ3v) is 5.92. The van der Waals surface area contributed by atoms with Crippen LogP contribution < -0.4 is 8.85 Å². The summed E-state index contributed by atoms with van der Waals surface area (Å²) in [7, 11) is 0. The highest BCUT2D eigenvalue weighted by atomic mass is 127. The molecule has 160 valence electrons. The van der Waals surface area contributed by atoms with Crippen molar-refractivity contribution in [1.29, 1.82) is 0 Å². The second-order valence-corrected chi connectivity index (χ2v) is 8.44. The van der Waals surface area contributed by atoms with Crippen LogP contribution in [0.15, 0.2) is 0 Å². The van der Waals surface area contributed by atoms with Gasteiger partial charge in [-0.05, 0) is 32.2 Å². The van der Waals surface area contributed by atoms with E-state index in [1.165, 1.54) is 57.8 Å². The molecule has 0 aliphatic heterocycles. The van der Waals surface area contributed by atoms with Crippen molar-refractivity contribution in [2.75, 3.05) is 19.7 Å². The Morgan fingerprint density at radius 3 is 2.15 bits per heavy atom. The van der Waals surface area contributed by atoms with Crippen molar-refractivity contribution in [1.82, 2.24) is 8.85 Å². The highest BCUT2D eigenvalue weighted by molar-refractivity contribution is 14.1. The fourth-order valence-electron chi connectivity index (χ4n) is 3.63. The lowest BCUT2D eigenvalue weighted by Gasteiger charge is -2.21. The molecule has 0 aromatic heterocycles. The molecule has 0 aromatic rings. The van der Waals surface area contributed by atoms with Crippen molar-refractivity contribution in [3.8, 4) is 0 Å². The molecular weight excluding hydrogens is 455 g/mol. The predicted molar refractivity (Wildman–Crippen MR) is 120 cm³/mol. The second-order valence-electron chi connectivity index (χ2n) is 7.90. The number of nitrogens with one attached hydrogen (secondary N) is 2. The molecule has 1 saturated carbocycles. The zero-order chi connectivity index (χ0) is 19.6. The van der Waals surface area contributed by atoms with Crippen LogP contribution in [0.1, 0.15) is 96.3 Å². The van der Waals surface area contributed by atoms with Crippen molar-refractivity contribution in [3.63, 3.8) is 0 Å². The van der Waals surface area contributed by atoms with Crippen molar-refractivity contribution in [2.45, 2.75) is 109 Å². The second kappa shape index (κ2) is 18.1. The number of unbranched alkanes of at least 4 members (excludes halogenated alkanes) is 2. The number of carbonyl (C=O) groups excluding carboxylic acids is 1. The Kier molecular flexibility index (Phi) is 16.9. The maximum Gasteiger partial charge on any atom is 0.228 e. The van der Waals surface area contributed by atoms with Crippen LogP contribution in [0.25, 0.3) is 0 Å². The number of aliphatic hydroxyl groups excluding tert-OH is 1. The van der Waals surface area contributed by atoms with Crippen LogP contribution in [0.3, 0.4) is 0 Å². The predicted octanol–water partition coefficient (Wildman–Crippen LogP) is 4.65. The van der Waals surface area contributed by atoms with E-state index in [-0.39, 0.29) is 5.91 Å². The monoisotopic (exact) mass is 496 g/mol. The fourth-order valence-corrected chi connectivity index (χ4v) is 3.90. The van der Waals surface area contributed by atoms with E-state index in [2.05, 4.69) is 8.85 Å². The summed E-state index contributed by atoms with van der Waals surface area (Å²) in [6.45, 7) is 1.90. The van der Waals surface area contributed by atoms with Crippen LogP contribution in [0, 0.1) is 0 Å². The first-order valence-corrected chi connectivity index (χ1v) is 12.2. The highest BCUT2D eigenvalue weighted by Gasteiger charge is 2.12. The highest BCUT2D eigenvalue weighted by Crippen LogP contribution is 2.18. The summed E-state index contributed by atoms with van der Waals surface area (Å²) in [6, 6.07) is 0. The Morgan fingerprint density at radius 2 is 1.56 bits per heavy atom. The summed E-state index contributed by atoms with van der Waals surface area (Å²) in [4.78, 5) is 11.1. The molecule has 1 unspecified atom stereocenters. The Bertz CT molecular complexity index is 346. The first-order valence-electron chi connectivity index (χ1n) is 11.1. The van der Waals surface area contributed by atoms with E-state index in [1.807, 2.05) is 22.9 Å². The van der Waals surface area contributed by atoms with Crippen LogP contribution in [0.5, 0.6) is 0 Å². The van der Waals surface area contributed by atoms with E-state index in [0.29, 0.717) is 25.7 Å². The van der Waals surface area contributed by atoms with E-state index in [1.54, 1.807) is 0 Å². The number of ether oxygens (including phenoxy) is 1. The minimum absolute atomic E-state index is 0.0999. The van der Waals surface area contributed by atoms with E-state index < -0.39 is 6.10 Å². The SMILES string of the molecule is O=C(CCCCCNCC(O)COC1CCCCCCCCCCC1)NI. The van der Waals surface area contributed by atoms with Gasteiger partial charge in [-0.25, -0.2) is 0 Å². The van der Waals surface area contributed by atoms with Gasteiger partial charge in [-0.2, -0.15) is 0 Å². The largest absolute Gasteiger partial charge is 0.389 e. The average molecular weight is 496 g/mol. The minimum atomic E-state index is -0.434. The van der Waals surface area contributed by atoms with Crippen molar-refractivity contribution in [2.24, 2.45) is 0 Å². The van der Waals surface area contributed by atoms with Gasteiger partial charge in [0.2, 0.25) is 5.91 Å². The molecule has 0 heterocycles. The number of aliphatic hydroxyl groups is 1. The number of amides is 1. The topological polar surface area (TPSA) is 70.6 Å². The molecule has 6 heteroatoms. The zero-order valence-corrected chi connectivity index (χ0v) is 19.2. The molecule has 0 aromatic carbocycles. The lowest BCUT2D eigenvalue weighted by Crippen LogP contribution is -2.32. The summed E-state index contributed by atoms with van der Waals surface area (Å²) >= 11 is 1.88. The van der Waals surface area contributed by atoms with E-state index in [9.17, 15) is 9.90 Å². The quantitative estimate of drug-likeness (QED) is 0.221. The first kappa shape index (κ1) is 25.1. The average Bonchev–Trinajstić information content (AvgIpc) is 2.66. The van der Waals surface area contributed by atoms with Crippen LogP contribution in [-0.2, 0) is 9.53 Å². The van der Waals surface area contributed by atoms with E-state index in [4.69, 9.17) is 4.74 Å². The van der Waals surface area contributed by atoms with E-state index in [0.717, 1.165) is 38.6 Å². The fraction of sp³-hybridized carbons (Fsp3) is 0.952. The van der Waals surface area contributed by atoms with Gasteiger partial charge >= 0.3 is 0 Å². The number of rotatable bonds is 11. The molecular formula is C21H41IN2O3. The number of carbonyl (C=O) groups is 1. The maximum absolute atomic E-state index is 11.1. The minimum Gasteiger partial charge on any atom is -0.389 e. The van der Waals surface area contributed by atoms with Gasteiger partial charge in [-0.15, -0.1) is 0 Å². The van der Waals surface area contributed by atoms with E-state index >= 15 is 0 Å². The lowest BCUT2D eigenvalue weighted by atomic mass is 9.99. The molecule has 1 atom stereocenters. The summed E-state index contributed by atoms with van der Waals surface area (Å²) in [6.07, 6.45) is 17.8. The van der Waals surface area contributed by atoms with Gasteiger partial charge in [0.25, 0.3) is 0 Å². The summed E-state index contributed by atoms with van der Waals surface area (Å²) in [5.74, 6) is 0.0999. The van der Waals surface area contributed by atoms with Crippen LogP contribution in [0.4, 0.5) is 0 Å². The molecule has 1 aliphatic carbocycles. The van der Waals surface area contributed by atoms with Gasteiger partial charge in [-0.1, -0.05) is 64.2 Å². The molecule has 1 fully saturated rings. The normalized spacial score (nSPS) is 19.0. The number of hydrogen-bond acceptors (Lipinski definition) is 4. The standard InChI is InChI=1S/C21H41IN2O3/c22-24-21(26)15-11-8-12-16-23-17-19(25)18-27-20-13-9-6-4-2-1-3-5-7-10-14-20/h19-20,23,25H,1-18H2,(H,24,26). The van der Waals surface area contributed by atoms with Crippen molar-refractivity contribution in [3.05, 3.63) is 0 Å². The third-order valence-electron chi connectivity index (χ3n) is 5.32. The molecule has 0 bridgehead atoms. The molecule has 1 aliphatic rings. The van der Waals surface area contributed by atoms with Crippen LogP contribution >= 0.6 is 22.9 Å². The Labute approximate surface area is 180 Å². The Hall–Kier alpha value is 0.0800. The van der Waals surface area contributed by atoms with Gasteiger partial charge in [-0.3, -0.25) is 8.32 Å². The van der Waals surface area contributed by atoms with Gasteiger partial charge in [0, 0.05) is 13.0 Å². The molecule has 5 nitrogen and oxygen atoms in total. The molecule has 3 N–H and O–H groups in total. The molecule has 27 heavy (non-hydrogen) atoms. The summed E-state index contributed by atoms with van der Waals surface area (Å²) in [5.41, 5.74) is 0. The van der Waals surface area contributed by atoms with Gasteiger partial charge in [0.1, 0.15) is 0 Å². The summed E-state index contributed by atoms with van der Waals surface area (Å²) in [5, 5.41) is 13.5. The molecule has 1 amide bonds. The van der Waals surface area contributed by atoms with Crippen LogP contribution in [0.2, 0.25) is 0 Å². The molecule has 0 spiro atoms. The molecule has 0 radical (unpaired) electrons. The Morgan fingerprint density at radius 1 is 0.963 bits per heavy atom. The molecule has 1 rings (SSSR count). The molecule has 0 saturated heterocycles. The Balaban J connectivity index is 2.05. The summed E-state index contributed by atoms with van der Waals surface area (Å²) < 4.78 is 8.66. The number of hydrogen-bond donors (Lipinski definition) is 3. The number of halogens is 1.